The molecule has 0 heterocycles. The van der Waals surface area contributed by atoms with Gasteiger partial charge in [0.25, 0.3) is 0 Å². The molecule has 12 aromatic carbocycles. The van der Waals surface area contributed by atoms with Crippen LogP contribution in [0.2, 0.25) is 0 Å². The SMILES string of the molecule is c1cc(-c2ccc3ccccc3c2)cc(-c2c3cc(-c4ccc5ccccc5c4)ccc3c(-c3cccc4ccccc34)c3cc(-c4ccc5ccccc5c4)ccc23)c1. The fraction of sp³-hybridized carbons (Fsp3) is 0. The Morgan fingerprint density at radius 1 is 0.167 bits per heavy atom. The van der Waals surface area contributed by atoms with Crippen molar-refractivity contribution in [1.29, 1.82) is 0 Å². The molecule has 0 bridgehead atoms. The van der Waals surface area contributed by atoms with Crippen LogP contribution in [0.4, 0.5) is 0 Å². The summed E-state index contributed by atoms with van der Waals surface area (Å²) in [5.74, 6) is 0. The van der Waals surface area contributed by atoms with Gasteiger partial charge in [0.2, 0.25) is 0 Å². The predicted octanol–water partition coefficient (Wildman–Crippen LogP) is 16.9. The van der Waals surface area contributed by atoms with Crippen LogP contribution in [0.3, 0.4) is 0 Å². The molecule has 0 spiro atoms. The molecule has 0 saturated carbocycles. The summed E-state index contributed by atoms with van der Waals surface area (Å²) in [5, 5.41) is 14.9. The van der Waals surface area contributed by atoms with Gasteiger partial charge in [-0.05, 0) is 157 Å². The minimum atomic E-state index is 1.20. The van der Waals surface area contributed by atoms with Crippen LogP contribution in [0.1, 0.15) is 0 Å². The smallest absolute Gasteiger partial charge is 0.00199 e. The fourth-order valence-corrected chi connectivity index (χ4v) is 9.59. The lowest BCUT2D eigenvalue weighted by atomic mass is 9.82. The summed E-state index contributed by atoms with van der Waals surface area (Å²) < 4.78 is 0. The van der Waals surface area contributed by atoms with Gasteiger partial charge >= 0.3 is 0 Å². The number of hydrogen-bond donors (Lipinski definition) is 0. The maximum Gasteiger partial charge on any atom is -0.00199 e. The van der Waals surface area contributed by atoms with Crippen molar-refractivity contribution >= 4 is 64.6 Å². The largest absolute Gasteiger partial charge is 0.0616 e. The van der Waals surface area contributed by atoms with E-state index < -0.39 is 0 Å². The highest BCUT2D eigenvalue weighted by Gasteiger charge is 2.20. The van der Waals surface area contributed by atoms with Crippen LogP contribution in [0.5, 0.6) is 0 Å². The van der Waals surface area contributed by atoms with E-state index in [4.69, 9.17) is 0 Å². The van der Waals surface area contributed by atoms with Gasteiger partial charge in [0, 0.05) is 0 Å². The second-order valence-electron chi connectivity index (χ2n) is 16.1. The van der Waals surface area contributed by atoms with Crippen molar-refractivity contribution in [3.05, 3.63) is 231 Å². The van der Waals surface area contributed by atoms with Gasteiger partial charge in [-0.2, -0.15) is 0 Å². The Morgan fingerprint density at radius 2 is 0.550 bits per heavy atom. The molecule has 60 heavy (non-hydrogen) atoms. The lowest BCUT2D eigenvalue weighted by Gasteiger charge is -2.21. The molecule has 0 aliphatic carbocycles. The molecule has 278 valence electrons. The molecule has 0 nitrogen and oxygen atoms in total. The van der Waals surface area contributed by atoms with Crippen LogP contribution in [0.15, 0.2) is 231 Å². The summed E-state index contributed by atoms with van der Waals surface area (Å²) in [4.78, 5) is 0. The average molecular weight is 759 g/mol. The molecule has 0 unspecified atom stereocenters. The second kappa shape index (κ2) is 13.9. The number of rotatable bonds is 5. The van der Waals surface area contributed by atoms with E-state index in [0.29, 0.717) is 0 Å². The Labute approximate surface area is 349 Å². The summed E-state index contributed by atoms with van der Waals surface area (Å²) in [6, 6.07) is 85.5. The van der Waals surface area contributed by atoms with E-state index in [-0.39, 0.29) is 0 Å². The van der Waals surface area contributed by atoms with E-state index in [9.17, 15) is 0 Å². The van der Waals surface area contributed by atoms with Gasteiger partial charge in [-0.3, -0.25) is 0 Å². The van der Waals surface area contributed by atoms with Crippen LogP contribution in [-0.2, 0) is 0 Å². The Hall–Kier alpha value is -7.80. The first-order valence-corrected chi connectivity index (χ1v) is 20.8. The zero-order valence-electron chi connectivity index (χ0n) is 32.9. The van der Waals surface area contributed by atoms with Crippen molar-refractivity contribution in [2.45, 2.75) is 0 Å². The number of hydrogen-bond acceptors (Lipinski definition) is 0. The van der Waals surface area contributed by atoms with Gasteiger partial charge in [-0.25, -0.2) is 0 Å². The van der Waals surface area contributed by atoms with Gasteiger partial charge in [-0.1, -0.05) is 194 Å². The summed E-state index contributed by atoms with van der Waals surface area (Å²) in [6.07, 6.45) is 0. The normalized spacial score (nSPS) is 11.7. The van der Waals surface area contributed by atoms with Gasteiger partial charge < -0.3 is 0 Å². The van der Waals surface area contributed by atoms with Crippen molar-refractivity contribution in [2.75, 3.05) is 0 Å². The average Bonchev–Trinajstić information content (AvgIpc) is 3.32. The first kappa shape index (κ1) is 34.3. The molecule has 0 N–H and O–H groups in total. The van der Waals surface area contributed by atoms with Crippen LogP contribution < -0.4 is 0 Å². The molecular formula is C60H38. The van der Waals surface area contributed by atoms with E-state index >= 15 is 0 Å². The first-order chi connectivity index (χ1) is 29.7. The Kier molecular flexibility index (Phi) is 7.96. The van der Waals surface area contributed by atoms with E-state index in [0.717, 1.165) is 0 Å². The zero-order valence-corrected chi connectivity index (χ0v) is 32.9. The maximum atomic E-state index is 2.45. The summed E-state index contributed by atoms with van der Waals surface area (Å²) in [7, 11) is 0. The highest BCUT2D eigenvalue weighted by Crippen LogP contribution is 2.48. The van der Waals surface area contributed by atoms with Gasteiger partial charge in [0.1, 0.15) is 0 Å². The molecule has 0 atom stereocenters. The Balaban J connectivity index is 1.18. The van der Waals surface area contributed by atoms with Gasteiger partial charge in [-0.15, -0.1) is 0 Å². The van der Waals surface area contributed by atoms with Crippen molar-refractivity contribution in [1.82, 2.24) is 0 Å². The molecule has 0 amide bonds. The number of fused-ring (bicyclic) bond motifs is 6. The second-order valence-corrected chi connectivity index (χ2v) is 16.1. The predicted molar refractivity (Wildman–Crippen MR) is 259 cm³/mol. The quantitative estimate of drug-likeness (QED) is 0.153. The number of benzene rings is 12. The molecule has 0 saturated heterocycles. The third-order valence-electron chi connectivity index (χ3n) is 12.6. The first-order valence-electron chi connectivity index (χ1n) is 20.8. The van der Waals surface area contributed by atoms with Crippen LogP contribution in [0, 0.1) is 0 Å². The molecular weight excluding hydrogens is 721 g/mol. The highest BCUT2D eigenvalue weighted by molar-refractivity contribution is 6.24. The maximum absolute atomic E-state index is 2.45. The third kappa shape index (κ3) is 5.76. The standard InChI is InChI=1S/C60H38/c1-4-15-43-33-47(26-23-39(43)11-1)46-19-9-20-52(36-46)59-55-31-29-51(49-28-25-41-13-3-6-17-45(41)35-49)38-58(55)60(54-22-10-18-42-14-7-8-21-53(42)54)56-32-30-50(37-57(56)59)48-27-24-40-12-2-5-16-44(40)34-48/h1-38H. The summed E-state index contributed by atoms with van der Waals surface area (Å²) in [5.41, 5.74) is 12.2. The molecule has 0 aliphatic rings. The minimum absolute atomic E-state index is 1.20. The van der Waals surface area contributed by atoms with Crippen molar-refractivity contribution in [2.24, 2.45) is 0 Å². The summed E-state index contributed by atoms with van der Waals surface area (Å²) in [6.45, 7) is 0. The van der Waals surface area contributed by atoms with Crippen LogP contribution >= 0.6 is 0 Å². The lowest BCUT2D eigenvalue weighted by Crippen LogP contribution is -1.94. The van der Waals surface area contributed by atoms with Gasteiger partial charge in [0.15, 0.2) is 0 Å². The van der Waals surface area contributed by atoms with Crippen molar-refractivity contribution in [3.63, 3.8) is 0 Å². The van der Waals surface area contributed by atoms with E-state index in [1.807, 2.05) is 0 Å². The Morgan fingerprint density at radius 3 is 1.12 bits per heavy atom. The van der Waals surface area contributed by atoms with E-state index in [1.165, 1.54) is 120 Å². The molecule has 12 rings (SSSR count). The molecule has 0 heteroatoms. The minimum Gasteiger partial charge on any atom is -0.0616 e. The zero-order chi connectivity index (χ0) is 39.6. The van der Waals surface area contributed by atoms with Crippen molar-refractivity contribution in [3.8, 4) is 55.6 Å². The third-order valence-corrected chi connectivity index (χ3v) is 12.6. The molecule has 0 aliphatic heterocycles. The topological polar surface area (TPSA) is 0 Å². The van der Waals surface area contributed by atoms with E-state index in [1.54, 1.807) is 0 Å². The summed E-state index contributed by atoms with van der Waals surface area (Å²) >= 11 is 0. The van der Waals surface area contributed by atoms with Gasteiger partial charge in [0.05, 0.1) is 0 Å². The molecule has 12 aromatic rings. The fourth-order valence-electron chi connectivity index (χ4n) is 9.59. The molecule has 0 fully saturated rings. The highest BCUT2D eigenvalue weighted by atomic mass is 14.2. The lowest BCUT2D eigenvalue weighted by molar-refractivity contribution is 1.62. The van der Waals surface area contributed by atoms with Crippen LogP contribution in [-0.4, -0.2) is 0 Å². The monoisotopic (exact) mass is 758 g/mol. The van der Waals surface area contributed by atoms with Crippen LogP contribution in [0.25, 0.3) is 120 Å². The molecule has 0 radical (unpaired) electrons. The van der Waals surface area contributed by atoms with Crippen molar-refractivity contribution < 1.29 is 0 Å². The Bertz CT molecular complexity index is 3660. The molecule has 0 aromatic heterocycles. The van der Waals surface area contributed by atoms with E-state index in [2.05, 4.69) is 231 Å².